The molecule has 3 aromatic rings. The van der Waals surface area contributed by atoms with Gasteiger partial charge in [0.25, 0.3) is 0 Å². The third-order valence-electron chi connectivity index (χ3n) is 3.19. The molecule has 0 amide bonds. The van der Waals surface area contributed by atoms with Gasteiger partial charge < -0.3 is 5.32 Å². The number of rotatable bonds is 4. The Labute approximate surface area is 130 Å². The van der Waals surface area contributed by atoms with Crippen molar-refractivity contribution in [2.24, 2.45) is 0 Å². The molecule has 0 bridgehead atoms. The lowest BCUT2D eigenvalue weighted by Crippen LogP contribution is -2.16. The number of fused-ring (bicyclic) bond motifs is 1. The molecular formula is C14H14ClN3S2. The van der Waals surface area contributed by atoms with Gasteiger partial charge in [-0.05, 0) is 37.7 Å². The first-order valence-electron chi connectivity index (χ1n) is 6.45. The van der Waals surface area contributed by atoms with E-state index < -0.39 is 0 Å². The number of benzene rings is 1. The van der Waals surface area contributed by atoms with Gasteiger partial charge in [0.05, 0.1) is 16.8 Å². The van der Waals surface area contributed by atoms with Crippen molar-refractivity contribution in [1.29, 1.82) is 0 Å². The number of halogens is 1. The Morgan fingerprint density at radius 3 is 2.90 bits per heavy atom. The van der Waals surface area contributed by atoms with Crippen molar-refractivity contribution in [3.63, 3.8) is 0 Å². The monoisotopic (exact) mass is 323 g/mol. The van der Waals surface area contributed by atoms with Crippen molar-refractivity contribution in [3.05, 3.63) is 34.2 Å². The number of nitrogens with one attached hydrogen (secondary N) is 1. The number of aromatic nitrogens is 2. The maximum absolute atomic E-state index is 6.37. The summed E-state index contributed by atoms with van der Waals surface area (Å²) >= 11 is 9.35. The van der Waals surface area contributed by atoms with E-state index in [4.69, 9.17) is 11.6 Å². The summed E-state index contributed by atoms with van der Waals surface area (Å²) in [7, 11) is 0. The molecule has 0 fully saturated rings. The standard InChI is InChI=1S/C14H14ClN3S2/c1-3-16-8(2)11-6-7-12(19-11)13-9(15)4-5-10-14(13)18-20-17-10/h4-8,16H,3H2,1-2H3. The maximum Gasteiger partial charge on any atom is 0.114 e. The molecule has 3 rings (SSSR count). The van der Waals surface area contributed by atoms with Crippen molar-refractivity contribution >= 4 is 45.7 Å². The van der Waals surface area contributed by atoms with Gasteiger partial charge in [-0.15, -0.1) is 11.3 Å². The van der Waals surface area contributed by atoms with E-state index in [2.05, 4.69) is 40.0 Å². The number of thiophene rings is 1. The Morgan fingerprint density at radius 2 is 2.10 bits per heavy atom. The fraction of sp³-hybridized carbons (Fsp3) is 0.286. The fourth-order valence-electron chi connectivity index (χ4n) is 2.19. The first-order chi connectivity index (χ1) is 9.70. The summed E-state index contributed by atoms with van der Waals surface area (Å²) in [4.78, 5) is 2.45. The van der Waals surface area contributed by atoms with Gasteiger partial charge >= 0.3 is 0 Å². The molecule has 0 aliphatic heterocycles. The van der Waals surface area contributed by atoms with Crippen molar-refractivity contribution in [2.45, 2.75) is 19.9 Å². The predicted molar refractivity (Wildman–Crippen MR) is 87.8 cm³/mol. The molecule has 0 aliphatic carbocycles. The van der Waals surface area contributed by atoms with E-state index in [9.17, 15) is 0 Å². The molecule has 20 heavy (non-hydrogen) atoms. The van der Waals surface area contributed by atoms with E-state index in [0.29, 0.717) is 6.04 Å². The van der Waals surface area contributed by atoms with Crippen LogP contribution in [0.2, 0.25) is 5.02 Å². The summed E-state index contributed by atoms with van der Waals surface area (Å²) < 4.78 is 8.66. The first-order valence-corrected chi connectivity index (χ1v) is 8.37. The molecule has 2 aromatic heterocycles. The van der Waals surface area contributed by atoms with Crippen LogP contribution in [0.5, 0.6) is 0 Å². The third-order valence-corrected chi connectivity index (χ3v) is 5.33. The van der Waals surface area contributed by atoms with Crippen LogP contribution < -0.4 is 5.32 Å². The van der Waals surface area contributed by atoms with E-state index in [1.165, 1.54) is 16.6 Å². The highest BCUT2D eigenvalue weighted by molar-refractivity contribution is 7.15. The third kappa shape index (κ3) is 2.46. The van der Waals surface area contributed by atoms with Gasteiger partial charge in [-0.3, -0.25) is 0 Å². The second-order valence-electron chi connectivity index (χ2n) is 4.54. The van der Waals surface area contributed by atoms with Crippen LogP contribution >= 0.6 is 34.7 Å². The zero-order chi connectivity index (χ0) is 14.1. The molecule has 104 valence electrons. The zero-order valence-corrected chi connectivity index (χ0v) is 13.6. The van der Waals surface area contributed by atoms with Gasteiger partial charge in [-0.2, -0.15) is 8.75 Å². The SMILES string of the molecule is CCNC(C)c1ccc(-c2c(Cl)ccc3nsnc23)s1. The highest BCUT2D eigenvalue weighted by Crippen LogP contribution is 2.39. The van der Waals surface area contributed by atoms with Crippen LogP contribution in [-0.4, -0.2) is 15.3 Å². The molecule has 1 N–H and O–H groups in total. The predicted octanol–water partition coefficient (Wildman–Crippen LogP) is 4.74. The van der Waals surface area contributed by atoms with Gasteiger partial charge in [0.1, 0.15) is 11.0 Å². The Morgan fingerprint density at radius 1 is 1.25 bits per heavy atom. The smallest absolute Gasteiger partial charge is 0.114 e. The van der Waals surface area contributed by atoms with Crippen molar-refractivity contribution in [2.75, 3.05) is 6.54 Å². The molecule has 0 saturated carbocycles. The Balaban J connectivity index is 2.07. The Hall–Kier alpha value is -1.01. The van der Waals surface area contributed by atoms with Crippen LogP contribution in [0.3, 0.4) is 0 Å². The second kappa shape index (κ2) is 5.77. The van der Waals surface area contributed by atoms with Gasteiger partial charge in [-0.25, -0.2) is 0 Å². The minimum Gasteiger partial charge on any atom is -0.310 e. The van der Waals surface area contributed by atoms with Gasteiger partial charge in [-0.1, -0.05) is 18.5 Å². The Bertz CT molecular complexity index is 735. The minimum absolute atomic E-state index is 0.352. The van der Waals surface area contributed by atoms with E-state index in [0.717, 1.165) is 33.0 Å². The van der Waals surface area contributed by atoms with Gasteiger partial charge in [0.2, 0.25) is 0 Å². The minimum atomic E-state index is 0.352. The molecule has 0 saturated heterocycles. The maximum atomic E-state index is 6.37. The van der Waals surface area contributed by atoms with Crippen molar-refractivity contribution in [3.8, 4) is 10.4 Å². The van der Waals surface area contributed by atoms with Gasteiger partial charge in [0, 0.05) is 21.4 Å². The quantitative estimate of drug-likeness (QED) is 0.753. The van der Waals surface area contributed by atoms with E-state index >= 15 is 0 Å². The molecule has 0 spiro atoms. The van der Waals surface area contributed by atoms with Gasteiger partial charge in [0.15, 0.2) is 0 Å². The summed E-state index contributed by atoms with van der Waals surface area (Å²) in [6.45, 7) is 5.25. The van der Waals surface area contributed by atoms with Crippen LogP contribution in [0.4, 0.5) is 0 Å². The van der Waals surface area contributed by atoms with Crippen LogP contribution in [0.25, 0.3) is 21.5 Å². The summed E-state index contributed by atoms with van der Waals surface area (Å²) in [6.07, 6.45) is 0. The molecule has 1 aromatic carbocycles. The summed E-state index contributed by atoms with van der Waals surface area (Å²) in [5.41, 5.74) is 2.80. The molecule has 0 radical (unpaired) electrons. The number of hydrogen-bond acceptors (Lipinski definition) is 5. The molecule has 1 atom stereocenters. The van der Waals surface area contributed by atoms with Crippen LogP contribution in [0.15, 0.2) is 24.3 Å². The summed E-state index contributed by atoms with van der Waals surface area (Å²) in [6, 6.07) is 8.44. The molecule has 6 heteroatoms. The normalized spacial score (nSPS) is 12.9. The van der Waals surface area contributed by atoms with Crippen LogP contribution in [0, 0.1) is 0 Å². The highest BCUT2D eigenvalue weighted by atomic mass is 35.5. The van der Waals surface area contributed by atoms with E-state index in [1.54, 1.807) is 11.3 Å². The number of hydrogen-bond donors (Lipinski definition) is 1. The lowest BCUT2D eigenvalue weighted by molar-refractivity contribution is 0.607. The van der Waals surface area contributed by atoms with Crippen molar-refractivity contribution in [1.82, 2.24) is 14.1 Å². The van der Waals surface area contributed by atoms with E-state index in [-0.39, 0.29) is 0 Å². The van der Waals surface area contributed by atoms with Crippen molar-refractivity contribution < 1.29 is 0 Å². The summed E-state index contributed by atoms with van der Waals surface area (Å²) in [5.74, 6) is 0. The number of nitrogens with zero attached hydrogens (tertiary/aromatic N) is 2. The highest BCUT2D eigenvalue weighted by Gasteiger charge is 2.15. The van der Waals surface area contributed by atoms with E-state index in [1.807, 2.05) is 12.1 Å². The second-order valence-corrected chi connectivity index (χ2v) is 6.59. The topological polar surface area (TPSA) is 37.8 Å². The van der Waals surface area contributed by atoms with Crippen LogP contribution in [0.1, 0.15) is 24.8 Å². The average Bonchev–Trinajstić information content (AvgIpc) is 3.07. The average molecular weight is 324 g/mol. The van der Waals surface area contributed by atoms with Crippen LogP contribution in [-0.2, 0) is 0 Å². The lowest BCUT2D eigenvalue weighted by atomic mass is 10.1. The molecule has 0 aliphatic rings. The molecule has 1 unspecified atom stereocenters. The lowest BCUT2D eigenvalue weighted by Gasteiger charge is -2.09. The first kappa shape index (κ1) is 13.9. The largest absolute Gasteiger partial charge is 0.310 e. The Kier molecular flexibility index (Phi) is 4.03. The molecule has 3 nitrogen and oxygen atoms in total. The summed E-state index contributed by atoms with van der Waals surface area (Å²) in [5, 5.41) is 4.16. The molecule has 2 heterocycles. The zero-order valence-electron chi connectivity index (χ0n) is 11.2. The molecular weight excluding hydrogens is 310 g/mol. The fourth-order valence-corrected chi connectivity index (χ4v) is 4.14.